The van der Waals surface area contributed by atoms with E-state index in [0.717, 1.165) is 18.8 Å². The Balaban J connectivity index is 1.79. The van der Waals surface area contributed by atoms with E-state index in [1.54, 1.807) is 24.3 Å². The van der Waals surface area contributed by atoms with Gasteiger partial charge >= 0.3 is 6.18 Å². The number of piperidine rings is 1. The summed E-state index contributed by atoms with van der Waals surface area (Å²) in [5, 5.41) is 3.32. The van der Waals surface area contributed by atoms with Gasteiger partial charge in [-0.15, -0.1) is 0 Å². The number of likely N-dealkylation sites (tertiary alicyclic amines) is 1. The van der Waals surface area contributed by atoms with Crippen LogP contribution in [0, 0.1) is 0 Å². The topological polar surface area (TPSA) is 24.5 Å². The van der Waals surface area contributed by atoms with Crippen LogP contribution in [-0.2, 0) is 0 Å². The van der Waals surface area contributed by atoms with Gasteiger partial charge in [0.15, 0.2) is 6.61 Å². The Hall–Kier alpha value is -1.43. The van der Waals surface area contributed by atoms with Gasteiger partial charge in [-0.25, -0.2) is 0 Å². The van der Waals surface area contributed by atoms with Crippen molar-refractivity contribution in [1.29, 1.82) is 0 Å². The summed E-state index contributed by atoms with van der Waals surface area (Å²) in [6.07, 6.45) is -0.627. The Bertz CT molecular complexity index is 434. The van der Waals surface area contributed by atoms with E-state index in [0.29, 0.717) is 6.04 Å². The number of nitrogens with one attached hydrogen (secondary N) is 1. The summed E-state index contributed by atoms with van der Waals surface area (Å²) in [7, 11) is 2.12. The average molecular weight is 302 g/mol. The van der Waals surface area contributed by atoms with Gasteiger partial charge in [-0.1, -0.05) is 6.42 Å². The Morgan fingerprint density at radius 3 is 2.57 bits per heavy atom. The first-order chi connectivity index (χ1) is 9.94. The van der Waals surface area contributed by atoms with Gasteiger partial charge in [0.25, 0.3) is 0 Å². The van der Waals surface area contributed by atoms with Gasteiger partial charge < -0.3 is 15.0 Å². The monoisotopic (exact) mass is 302 g/mol. The van der Waals surface area contributed by atoms with Crippen molar-refractivity contribution in [3.8, 4) is 5.75 Å². The molecule has 0 aliphatic carbocycles. The zero-order chi connectivity index (χ0) is 15.3. The van der Waals surface area contributed by atoms with Gasteiger partial charge in [0.1, 0.15) is 5.75 Å². The lowest BCUT2D eigenvalue weighted by atomic mass is 10.0. The molecule has 0 amide bonds. The quantitative estimate of drug-likeness (QED) is 0.900. The third-order valence-corrected chi connectivity index (χ3v) is 3.72. The molecule has 1 heterocycles. The van der Waals surface area contributed by atoms with Crippen LogP contribution in [0.3, 0.4) is 0 Å². The Kier molecular flexibility index (Phi) is 5.33. The molecule has 0 bridgehead atoms. The van der Waals surface area contributed by atoms with Crippen molar-refractivity contribution in [3.63, 3.8) is 0 Å². The van der Waals surface area contributed by atoms with Crippen molar-refractivity contribution in [3.05, 3.63) is 24.3 Å². The van der Waals surface area contributed by atoms with E-state index in [-0.39, 0.29) is 5.75 Å². The third-order valence-electron chi connectivity index (χ3n) is 3.72. The zero-order valence-corrected chi connectivity index (χ0v) is 12.1. The van der Waals surface area contributed by atoms with Gasteiger partial charge in [0.05, 0.1) is 0 Å². The fraction of sp³-hybridized carbons (Fsp3) is 0.600. The molecule has 1 saturated heterocycles. The summed E-state index contributed by atoms with van der Waals surface area (Å²) in [4.78, 5) is 2.34. The molecular weight excluding hydrogens is 281 g/mol. The van der Waals surface area contributed by atoms with Crippen LogP contribution in [0.2, 0.25) is 0 Å². The minimum Gasteiger partial charge on any atom is -0.484 e. The molecule has 6 heteroatoms. The number of benzene rings is 1. The summed E-state index contributed by atoms with van der Waals surface area (Å²) in [5.41, 5.74) is 0.897. The fourth-order valence-corrected chi connectivity index (χ4v) is 2.47. The molecule has 0 radical (unpaired) electrons. The van der Waals surface area contributed by atoms with Gasteiger partial charge in [0, 0.05) is 18.3 Å². The fourth-order valence-electron chi connectivity index (χ4n) is 2.47. The van der Waals surface area contributed by atoms with Crippen molar-refractivity contribution in [1.82, 2.24) is 4.90 Å². The van der Waals surface area contributed by atoms with Crippen molar-refractivity contribution in [2.45, 2.75) is 31.5 Å². The van der Waals surface area contributed by atoms with E-state index in [9.17, 15) is 13.2 Å². The molecule has 1 aromatic rings. The van der Waals surface area contributed by atoms with Gasteiger partial charge in [0.2, 0.25) is 0 Å². The van der Waals surface area contributed by atoms with Crippen LogP contribution in [0.1, 0.15) is 19.3 Å². The Morgan fingerprint density at radius 2 is 1.95 bits per heavy atom. The number of anilines is 1. The second-order valence-corrected chi connectivity index (χ2v) is 5.44. The largest absolute Gasteiger partial charge is 0.484 e. The van der Waals surface area contributed by atoms with E-state index in [2.05, 4.69) is 22.0 Å². The predicted molar refractivity (Wildman–Crippen MR) is 76.8 cm³/mol. The van der Waals surface area contributed by atoms with Gasteiger partial charge in [-0.05, 0) is 50.7 Å². The van der Waals surface area contributed by atoms with E-state index < -0.39 is 12.8 Å². The Labute approximate surface area is 123 Å². The minimum absolute atomic E-state index is 0.229. The molecule has 0 aromatic heterocycles. The molecule has 2 rings (SSSR count). The van der Waals surface area contributed by atoms with Crippen molar-refractivity contribution >= 4 is 5.69 Å². The first kappa shape index (κ1) is 15.9. The molecule has 0 spiro atoms. The first-order valence-electron chi connectivity index (χ1n) is 7.18. The molecule has 1 atom stereocenters. The summed E-state index contributed by atoms with van der Waals surface area (Å²) in [6, 6.07) is 7.11. The smallest absolute Gasteiger partial charge is 0.422 e. The number of rotatable bonds is 5. The van der Waals surface area contributed by atoms with Crippen molar-refractivity contribution in [2.24, 2.45) is 0 Å². The van der Waals surface area contributed by atoms with Gasteiger partial charge in [-0.3, -0.25) is 0 Å². The van der Waals surface area contributed by atoms with Crippen molar-refractivity contribution < 1.29 is 17.9 Å². The number of nitrogens with zero attached hydrogens (tertiary/aromatic N) is 1. The molecule has 0 saturated carbocycles. The summed E-state index contributed by atoms with van der Waals surface area (Å²) < 4.78 is 40.8. The number of ether oxygens (including phenoxy) is 1. The van der Waals surface area contributed by atoms with Crippen LogP contribution in [0.4, 0.5) is 18.9 Å². The van der Waals surface area contributed by atoms with E-state index in [1.807, 2.05) is 0 Å². The van der Waals surface area contributed by atoms with Crippen LogP contribution in [0.25, 0.3) is 0 Å². The molecule has 118 valence electrons. The number of alkyl halides is 3. The molecule has 1 aliphatic heterocycles. The SMILES string of the molecule is CN1CCCCC1CNc1ccc(OCC(F)(F)F)cc1. The molecule has 1 N–H and O–H groups in total. The lowest BCUT2D eigenvalue weighted by molar-refractivity contribution is -0.153. The highest BCUT2D eigenvalue weighted by molar-refractivity contribution is 5.46. The Morgan fingerprint density at radius 1 is 1.24 bits per heavy atom. The van der Waals surface area contributed by atoms with Crippen LogP contribution in [0.15, 0.2) is 24.3 Å². The number of halogens is 3. The molecule has 3 nitrogen and oxygen atoms in total. The van der Waals surface area contributed by atoms with Crippen LogP contribution < -0.4 is 10.1 Å². The number of likely N-dealkylation sites (N-methyl/N-ethyl adjacent to an activating group) is 1. The summed E-state index contributed by atoms with van der Waals surface area (Å²) in [5.74, 6) is 0.229. The second kappa shape index (κ2) is 7.02. The van der Waals surface area contributed by atoms with E-state index in [4.69, 9.17) is 0 Å². The summed E-state index contributed by atoms with van der Waals surface area (Å²) >= 11 is 0. The lowest BCUT2D eigenvalue weighted by Gasteiger charge is -2.32. The highest BCUT2D eigenvalue weighted by atomic mass is 19.4. The molecule has 1 aliphatic rings. The van der Waals surface area contributed by atoms with Gasteiger partial charge in [-0.2, -0.15) is 13.2 Å². The highest BCUT2D eigenvalue weighted by Gasteiger charge is 2.28. The number of hydrogen-bond donors (Lipinski definition) is 1. The maximum Gasteiger partial charge on any atom is 0.422 e. The van der Waals surface area contributed by atoms with E-state index in [1.165, 1.54) is 19.3 Å². The first-order valence-corrected chi connectivity index (χ1v) is 7.18. The predicted octanol–water partition coefficient (Wildman–Crippen LogP) is 3.52. The zero-order valence-electron chi connectivity index (χ0n) is 12.1. The van der Waals surface area contributed by atoms with Crippen LogP contribution >= 0.6 is 0 Å². The highest BCUT2D eigenvalue weighted by Crippen LogP contribution is 2.21. The van der Waals surface area contributed by atoms with Crippen LogP contribution in [0.5, 0.6) is 5.75 Å². The number of hydrogen-bond acceptors (Lipinski definition) is 3. The van der Waals surface area contributed by atoms with E-state index >= 15 is 0 Å². The standard InChI is InChI=1S/C15H21F3N2O/c1-20-9-3-2-4-13(20)10-19-12-5-7-14(8-6-12)21-11-15(16,17)18/h5-8,13,19H,2-4,9-11H2,1H3. The molecule has 1 aromatic carbocycles. The molecule has 1 fully saturated rings. The minimum atomic E-state index is -4.30. The second-order valence-electron chi connectivity index (χ2n) is 5.44. The third kappa shape index (κ3) is 5.46. The molecule has 1 unspecified atom stereocenters. The normalized spacial score (nSPS) is 20.3. The molecule has 21 heavy (non-hydrogen) atoms. The lowest BCUT2D eigenvalue weighted by Crippen LogP contribution is -2.40. The van der Waals surface area contributed by atoms with Crippen molar-refractivity contribution in [2.75, 3.05) is 32.1 Å². The summed E-state index contributed by atoms with van der Waals surface area (Å²) in [6.45, 7) is 0.711. The maximum absolute atomic E-state index is 12.0. The van der Waals surface area contributed by atoms with Crippen LogP contribution in [-0.4, -0.2) is 43.9 Å². The molecular formula is C15H21F3N2O. The average Bonchev–Trinajstić information content (AvgIpc) is 2.45. The maximum atomic E-state index is 12.0.